The van der Waals surface area contributed by atoms with Gasteiger partial charge in [0.1, 0.15) is 28.7 Å². The van der Waals surface area contributed by atoms with E-state index >= 15 is 0 Å². The molecule has 0 saturated heterocycles. The molecule has 0 fully saturated rings. The fourth-order valence-electron chi connectivity index (χ4n) is 3.25. The van der Waals surface area contributed by atoms with Gasteiger partial charge in [-0.05, 0) is 48.7 Å². The monoisotopic (exact) mass is 530 g/mol. The second-order valence-corrected chi connectivity index (χ2v) is 8.56. The maximum Gasteiger partial charge on any atom is 0.200 e. The van der Waals surface area contributed by atoms with Crippen LogP contribution in [0.2, 0.25) is 0 Å². The molecule has 0 spiro atoms. The van der Waals surface area contributed by atoms with Gasteiger partial charge in [0.25, 0.3) is 0 Å². The normalized spacial score (nSPS) is 10.5. The molecule has 0 saturated carbocycles. The number of benzene rings is 2. The van der Waals surface area contributed by atoms with Gasteiger partial charge in [0.05, 0.1) is 39.8 Å². The van der Waals surface area contributed by atoms with Crippen molar-refractivity contribution in [1.29, 1.82) is 0 Å². The van der Waals surface area contributed by atoms with E-state index in [0.29, 0.717) is 60.9 Å². The quantitative estimate of drug-likeness (QED) is 0.272. The van der Waals surface area contributed by atoms with Crippen molar-refractivity contribution in [2.24, 2.45) is 0 Å². The number of aromatic nitrogens is 4. The number of anilines is 2. The average Bonchev–Trinajstić information content (AvgIpc) is 3.49. The van der Waals surface area contributed by atoms with Crippen LogP contribution in [-0.4, -0.2) is 53.3 Å². The Labute approximate surface area is 215 Å². The highest BCUT2D eigenvalue weighted by molar-refractivity contribution is 7.80. The molecule has 2 aromatic heterocycles. The molecule has 4 aromatic rings. The molecule has 2 aromatic carbocycles. The summed E-state index contributed by atoms with van der Waals surface area (Å²) < 4.78 is 23.6. The fourth-order valence-corrected chi connectivity index (χ4v) is 4.44. The molecule has 13 heteroatoms. The molecule has 0 radical (unpaired) electrons. The second-order valence-electron chi connectivity index (χ2n) is 6.91. The number of aromatic amines is 1. The summed E-state index contributed by atoms with van der Waals surface area (Å²) in [4.78, 5) is 4.63. The molecule has 0 atom stereocenters. The zero-order chi connectivity index (χ0) is 24.9. The summed E-state index contributed by atoms with van der Waals surface area (Å²) in [6, 6.07) is 10.8. The van der Waals surface area contributed by atoms with Crippen molar-refractivity contribution >= 4 is 51.7 Å². The smallest absolute Gasteiger partial charge is 0.200 e. The molecule has 0 aliphatic carbocycles. The summed E-state index contributed by atoms with van der Waals surface area (Å²) in [5.74, 6) is 3.04. The molecule has 0 bridgehead atoms. The minimum atomic E-state index is 0.352. The Hall–Kier alpha value is -3.68. The summed E-state index contributed by atoms with van der Waals surface area (Å²) in [7, 11) is 6.35. The molecular weight excluding hydrogens is 508 g/mol. The van der Waals surface area contributed by atoms with E-state index in [4.69, 9.17) is 43.4 Å². The zero-order valence-corrected chi connectivity index (χ0v) is 21.7. The number of H-pyrrole nitrogens is 1. The number of ether oxygens (including phenoxy) is 4. The molecular formula is C22H22N6O4S3. The Morgan fingerprint density at radius 3 is 2.31 bits per heavy atom. The Morgan fingerprint density at radius 1 is 0.943 bits per heavy atom. The molecule has 0 amide bonds. The summed E-state index contributed by atoms with van der Waals surface area (Å²) in [5.41, 5.74) is 2.00. The molecule has 35 heavy (non-hydrogen) atoms. The first-order valence-corrected chi connectivity index (χ1v) is 11.8. The van der Waals surface area contributed by atoms with Crippen LogP contribution in [0.1, 0.15) is 0 Å². The van der Waals surface area contributed by atoms with Crippen molar-refractivity contribution < 1.29 is 18.9 Å². The van der Waals surface area contributed by atoms with Gasteiger partial charge in [-0.2, -0.15) is 5.10 Å². The number of thiazole rings is 1. The van der Waals surface area contributed by atoms with E-state index < -0.39 is 0 Å². The van der Waals surface area contributed by atoms with Crippen molar-refractivity contribution in [3.8, 4) is 40.2 Å². The third-order valence-electron chi connectivity index (χ3n) is 4.91. The lowest BCUT2D eigenvalue weighted by atomic mass is 10.2. The van der Waals surface area contributed by atoms with Gasteiger partial charge in [-0.1, -0.05) is 0 Å². The third-order valence-corrected chi connectivity index (χ3v) is 6.15. The predicted molar refractivity (Wildman–Crippen MR) is 142 cm³/mol. The Bertz CT molecular complexity index is 1410. The van der Waals surface area contributed by atoms with Crippen LogP contribution in [0.25, 0.3) is 17.2 Å². The number of hydrogen-bond acceptors (Lipinski definition) is 9. The molecule has 0 aliphatic heterocycles. The molecule has 0 unspecified atom stereocenters. The first kappa shape index (κ1) is 24.4. The summed E-state index contributed by atoms with van der Waals surface area (Å²) in [6.07, 6.45) is 0. The predicted octanol–water partition coefficient (Wildman–Crippen LogP) is 4.90. The standard InChI is InChI=1S/C22H22N6O4S3/c1-29-12-5-7-14(17(9-12)31-3)23-20(33)25-21-24-15(11-35-21)19-26-27-22(34)28(19)16-8-6-13(30-2)10-18(16)32-4/h5-11H,1-4H3,(H,27,34)(H2,23,24,25,33). The number of nitrogens with zero attached hydrogens (tertiary/aromatic N) is 3. The van der Waals surface area contributed by atoms with Crippen LogP contribution < -0.4 is 29.6 Å². The highest BCUT2D eigenvalue weighted by atomic mass is 32.1. The van der Waals surface area contributed by atoms with Gasteiger partial charge >= 0.3 is 0 Å². The second kappa shape index (κ2) is 10.7. The van der Waals surface area contributed by atoms with Gasteiger partial charge in [-0.3, -0.25) is 9.67 Å². The summed E-state index contributed by atoms with van der Waals surface area (Å²) in [6.45, 7) is 0. The van der Waals surface area contributed by atoms with Crippen LogP contribution in [0.3, 0.4) is 0 Å². The molecule has 0 aliphatic rings. The highest BCUT2D eigenvalue weighted by Crippen LogP contribution is 2.33. The molecule has 4 rings (SSSR count). The van der Waals surface area contributed by atoms with Crippen LogP contribution in [0.5, 0.6) is 23.0 Å². The molecule has 2 heterocycles. The average molecular weight is 531 g/mol. The van der Waals surface area contributed by atoms with Crippen LogP contribution in [0, 0.1) is 4.77 Å². The number of hydrogen-bond donors (Lipinski definition) is 3. The Balaban J connectivity index is 1.57. The van der Waals surface area contributed by atoms with Crippen molar-refractivity contribution in [3.05, 3.63) is 46.5 Å². The van der Waals surface area contributed by atoms with E-state index in [1.165, 1.54) is 11.3 Å². The van der Waals surface area contributed by atoms with Crippen molar-refractivity contribution in [2.75, 3.05) is 39.1 Å². The number of thiocarbonyl (C=S) groups is 1. The van der Waals surface area contributed by atoms with E-state index in [-0.39, 0.29) is 0 Å². The largest absolute Gasteiger partial charge is 0.497 e. The van der Waals surface area contributed by atoms with Crippen LogP contribution >= 0.6 is 35.8 Å². The number of rotatable bonds is 8. The summed E-state index contributed by atoms with van der Waals surface area (Å²) >= 11 is 12.3. The van der Waals surface area contributed by atoms with Gasteiger partial charge in [0, 0.05) is 17.5 Å². The van der Waals surface area contributed by atoms with E-state index in [1.807, 2.05) is 29.6 Å². The molecule has 182 valence electrons. The van der Waals surface area contributed by atoms with E-state index in [1.54, 1.807) is 45.1 Å². The van der Waals surface area contributed by atoms with Gasteiger partial charge in [-0.15, -0.1) is 11.3 Å². The lowest BCUT2D eigenvalue weighted by Crippen LogP contribution is -2.19. The lowest BCUT2D eigenvalue weighted by molar-refractivity contribution is 0.393. The Morgan fingerprint density at radius 2 is 1.63 bits per heavy atom. The SMILES string of the molecule is COc1ccc(NC(=S)Nc2nc(-c3n[nH]c(=S)n3-c3ccc(OC)cc3OC)cs2)c(OC)c1. The third kappa shape index (κ3) is 5.21. The van der Waals surface area contributed by atoms with Gasteiger partial charge in [0.15, 0.2) is 20.8 Å². The minimum Gasteiger partial charge on any atom is -0.497 e. The lowest BCUT2D eigenvalue weighted by Gasteiger charge is -2.13. The van der Waals surface area contributed by atoms with Gasteiger partial charge in [-0.25, -0.2) is 4.98 Å². The zero-order valence-electron chi connectivity index (χ0n) is 19.2. The van der Waals surface area contributed by atoms with Crippen molar-refractivity contribution in [3.63, 3.8) is 0 Å². The first-order chi connectivity index (χ1) is 17.0. The Kier molecular flexibility index (Phi) is 7.48. The van der Waals surface area contributed by atoms with Gasteiger partial charge in [0.2, 0.25) is 0 Å². The van der Waals surface area contributed by atoms with Crippen LogP contribution in [0.4, 0.5) is 10.8 Å². The maximum atomic E-state index is 5.54. The van der Waals surface area contributed by atoms with Crippen molar-refractivity contribution in [1.82, 2.24) is 19.7 Å². The van der Waals surface area contributed by atoms with Gasteiger partial charge < -0.3 is 29.6 Å². The van der Waals surface area contributed by atoms with E-state index in [9.17, 15) is 0 Å². The van der Waals surface area contributed by atoms with Crippen LogP contribution in [-0.2, 0) is 0 Å². The molecule has 3 N–H and O–H groups in total. The fraction of sp³-hybridized carbons (Fsp3) is 0.182. The summed E-state index contributed by atoms with van der Waals surface area (Å²) in [5, 5.41) is 16.2. The van der Waals surface area contributed by atoms with E-state index in [0.717, 1.165) is 0 Å². The van der Waals surface area contributed by atoms with E-state index in [2.05, 4.69) is 25.8 Å². The minimum absolute atomic E-state index is 0.352. The molecule has 10 nitrogen and oxygen atoms in total. The van der Waals surface area contributed by atoms with Crippen molar-refractivity contribution in [2.45, 2.75) is 0 Å². The topological polar surface area (TPSA) is 107 Å². The number of nitrogens with one attached hydrogen (secondary N) is 3. The first-order valence-electron chi connectivity index (χ1n) is 10.1. The maximum absolute atomic E-state index is 5.54. The highest BCUT2D eigenvalue weighted by Gasteiger charge is 2.18. The number of methoxy groups -OCH3 is 4. The van der Waals surface area contributed by atoms with Crippen LogP contribution in [0.15, 0.2) is 41.8 Å².